The molecule has 3 amide bonds. The Morgan fingerprint density at radius 3 is 2.38 bits per heavy atom. The Hall–Kier alpha value is -2.59. The van der Waals surface area contributed by atoms with Crippen molar-refractivity contribution in [3.8, 4) is 0 Å². The lowest BCUT2D eigenvalue weighted by Crippen LogP contribution is -2.57. The molecule has 1 aliphatic heterocycles. The molecule has 0 saturated carbocycles. The largest absolute Gasteiger partial charge is 0.480 e. The SMILES string of the molecule is CSCCC(NC(=O)C(Cc1ccccc1)NC(=O)C1CCCN1)C(=O)NC(C)C(=O)O. The number of nitrogens with one attached hydrogen (secondary N) is 4. The van der Waals surface area contributed by atoms with Crippen molar-refractivity contribution in [1.82, 2.24) is 21.3 Å². The number of carboxylic acid groups (broad SMARTS) is 1. The van der Waals surface area contributed by atoms with E-state index in [-0.39, 0.29) is 18.4 Å². The van der Waals surface area contributed by atoms with Gasteiger partial charge >= 0.3 is 5.97 Å². The average molecular weight is 465 g/mol. The molecule has 9 nitrogen and oxygen atoms in total. The molecule has 0 bridgehead atoms. The van der Waals surface area contributed by atoms with Gasteiger partial charge in [-0.05, 0) is 50.3 Å². The first kappa shape index (κ1) is 25.7. The molecule has 5 N–H and O–H groups in total. The summed E-state index contributed by atoms with van der Waals surface area (Å²) in [5, 5.41) is 20.1. The maximum absolute atomic E-state index is 13.1. The summed E-state index contributed by atoms with van der Waals surface area (Å²) in [6, 6.07) is 6.12. The van der Waals surface area contributed by atoms with Crippen LogP contribution in [0.5, 0.6) is 0 Å². The van der Waals surface area contributed by atoms with Crippen molar-refractivity contribution in [2.75, 3.05) is 18.6 Å². The van der Waals surface area contributed by atoms with E-state index >= 15 is 0 Å². The fourth-order valence-electron chi connectivity index (χ4n) is 3.39. The van der Waals surface area contributed by atoms with E-state index in [2.05, 4.69) is 21.3 Å². The van der Waals surface area contributed by atoms with Gasteiger partial charge in [0.25, 0.3) is 0 Å². The maximum Gasteiger partial charge on any atom is 0.325 e. The molecule has 0 aromatic heterocycles. The number of aliphatic carboxylic acids is 1. The van der Waals surface area contributed by atoms with Gasteiger partial charge in [-0.1, -0.05) is 30.3 Å². The second kappa shape index (κ2) is 13.1. The number of hydrogen-bond donors (Lipinski definition) is 5. The van der Waals surface area contributed by atoms with Crippen molar-refractivity contribution >= 4 is 35.5 Å². The molecule has 1 aliphatic rings. The Kier molecular flexibility index (Phi) is 10.5. The average Bonchev–Trinajstić information content (AvgIpc) is 3.31. The van der Waals surface area contributed by atoms with Crippen LogP contribution in [0.2, 0.25) is 0 Å². The molecule has 0 spiro atoms. The summed E-state index contributed by atoms with van der Waals surface area (Å²) in [7, 11) is 0. The van der Waals surface area contributed by atoms with Crippen molar-refractivity contribution in [2.45, 2.75) is 56.8 Å². The number of rotatable bonds is 12. The molecule has 1 heterocycles. The fourth-order valence-corrected chi connectivity index (χ4v) is 3.86. The summed E-state index contributed by atoms with van der Waals surface area (Å²) in [5.41, 5.74) is 0.872. The second-order valence-corrected chi connectivity index (χ2v) is 8.80. The van der Waals surface area contributed by atoms with Crippen LogP contribution >= 0.6 is 11.8 Å². The van der Waals surface area contributed by atoms with E-state index in [1.807, 2.05) is 36.6 Å². The van der Waals surface area contributed by atoms with Crippen molar-refractivity contribution in [3.63, 3.8) is 0 Å². The highest BCUT2D eigenvalue weighted by atomic mass is 32.2. The minimum absolute atomic E-state index is 0.247. The summed E-state index contributed by atoms with van der Waals surface area (Å²) in [5.74, 6) is -1.86. The van der Waals surface area contributed by atoms with Gasteiger partial charge in [-0.2, -0.15) is 11.8 Å². The lowest BCUT2D eigenvalue weighted by molar-refractivity contribution is -0.141. The normalized spacial score (nSPS) is 18.2. The van der Waals surface area contributed by atoms with Gasteiger partial charge < -0.3 is 26.4 Å². The first-order valence-corrected chi connectivity index (χ1v) is 12.1. The van der Waals surface area contributed by atoms with Crippen molar-refractivity contribution in [2.24, 2.45) is 0 Å². The van der Waals surface area contributed by atoms with E-state index in [4.69, 9.17) is 5.11 Å². The standard InChI is InChI=1S/C22H32N4O5S/c1-14(22(30)31)24-20(28)17(10-12-32-2)25-21(29)18(13-15-7-4-3-5-8-15)26-19(27)16-9-6-11-23-16/h3-5,7-8,14,16-18,23H,6,9-13H2,1-2H3,(H,24,28)(H,25,29)(H,26,27)(H,30,31). The monoisotopic (exact) mass is 464 g/mol. The summed E-state index contributed by atoms with van der Waals surface area (Å²) >= 11 is 1.51. The van der Waals surface area contributed by atoms with Crippen LogP contribution in [0.15, 0.2) is 30.3 Å². The van der Waals surface area contributed by atoms with Gasteiger partial charge in [0.2, 0.25) is 17.7 Å². The number of thioether (sulfide) groups is 1. The summed E-state index contributed by atoms with van der Waals surface area (Å²) < 4.78 is 0. The molecule has 2 rings (SSSR count). The first-order chi connectivity index (χ1) is 15.3. The van der Waals surface area contributed by atoms with Crippen molar-refractivity contribution in [1.29, 1.82) is 0 Å². The fraction of sp³-hybridized carbons (Fsp3) is 0.545. The molecule has 176 valence electrons. The van der Waals surface area contributed by atoms with Crippen LogP contribution in [0, 0.1) is 0 Å². The Labute approximate surface area is 192 Å². The van der Waals surface area contributed by atoms with E-state index < -0.39 is 35.9 Å². The van der Waals surface area contributed by atoms with E-state index in [0.29, 0.717) is 18.6 Å². The van der Waals surface area contributed by atoms with Crippen LogP contribution in [0.3, 0.4) is 0 Å². The van der Waals surface area contributed by atoms with Crippen LogP contribution in [0.1, 0.15) is 31.7 Å². The Bertz CT molecular complexity index is 786. The van der Waals surface area contributed by atoms with Gasteiger partial charge in [0, 0.05) is 6.42 Å². The molecule has 1 saturated heterocycles. The number of carbonyl (C=O) groups is 4. The number of amides is 3. The third-order valence-electron chi connectivity index (χ3n) is 5.27. The van der Waals surface area contributed by atoms with Crippen molar-refractivity contribution in [3.05, 3.63) is 35.9 Å². The molecule has 10 heteroatoms. The second-order valence-electron chi connectivity index (χ2n) is 7.81. The van der Waals surface area contributed by atoms with E-state index in [1.165, 1.54) is 18.7 Å². The van der Waals surface area contributed by atoms with Gasteiger partial charge in [-0.3, -0.25) is 19.2 Å². The molecule has 1 aromatic carbocycles. The minimum Gasteiger partial charge on any atom is -0.480 e. The number of carbonyl (C=O) groups excluding carboxylic acids is 3. The number of carboxylic acids is 1. The van der Waals surface area contributed by atoms with Gasteiger partial charge in [0.05, 0.1) is 6.04 Å². The molecule has 4 unspecified atom stereocenters. The number of benzene rings is 1. The Morgan fingerprint density at radius 1 is 1.09 bits per heavy atom. The zero-order valence-corrected chi connectivity index (χ0v) is 19.2. The zero-order chi connectivity index (χ0) is 23.5. The van der Waals surface area contributed by atoms with Gasteiger partial charge in [0.1, 0.15) is 18.1 Å². The van der Waals surface area contributed by atoms with Crippen molar-refractivity contribution < 1.29 is 24.3 Å². The van der Waals surface area contributed by atoms with Gasteiger partial charge in [0.15, 0.2) is 0 Å². The molecule has 32 heavy (non-hydrogen) atoms. The molecular weight excluding hydrogens is 432 g/mol. The summed E-state index contributed by atoms with van der Waals surface area (Å²) in [4.78, 5) is 49.5. The third kappa shape index (κ3) is 8.16. The Morgan fingerprint density at radius 2 is 1.78 bits per heavy atom. The van der Waals surface area contributed by atoms with Crippen LogP contribution < -0.4 is 21.3 Å². The molecular formula is C22H32N4O5S. The predicted molar refractivity (Wildman–Crippen MR) is 123 cm³/mol. The van der Waals surface area contributed by atoms with Crippen LogP contribution in [-0.4, -0.2) is 71.5 Å². The highest BCUT2D eigenvalue weighted by Gasteiger charge is 2.30. The van der Waals surface area contributed by atoms with E-state index in [0.717, 1.165) is 18.5 Å². The summed E-state index contributed by atoms with van der Waals surface area (Å²) in [6.07, 6.45) is 4.09. The van der Waals surface area contributed by atoms with E-state index in [9.17, 15) is 19.2 Å². The summed E-state index contributed by atoms with van der Waals surface area (Å²) in [6.45, 7) is 2.12. The highest BCUT2D eigenvalue weighted by molar-refractivity contribution is 7.98. The predicted octanol–water partition coefficient (Wildman–Crippen LogP) is 0.293. The van der Waals surface area contributed by atoms with Crippen LogP contribution in [-0.2, 0) is 25.6 Å². The quantitative estimate of drug-likeness (QED) is 0.300. The Balaban J connectivity index is 2.13. The minimum atomic E-state index is -1.16. The first-order valence-electron chi connectivity index (χ1n) is 10.7. The molecule has 4 atom stereocenters. The van der Waals surface area contributed by atoms with Gasteiger partial charge in [-0.15, -0.1) is 0 Å². The van der Waals surface area contributed by atoms with Gasteiger partial charge in [-0.25, -0.2) is 0 Å². The molecule has 1 aromatic rings. The van der Waals surface area contributed by atoms with Crippen LogP contribution in [0.25, 0.3) is 0 Å². The smallest absolute Gasteiger partial charge is 0.325 e. The van der Waals surface area contributed by atoms with Crippen LogP contribution in [0.4, 0.5) is 0 Å². The highest BCUT2D eigenvalue weighted by Crippen LogP contribution is 2.09. The number of hydrogen-bond acceptors (Lipinski definition) is 6. The lowest BCUT2D eigenvalue weighted by atomic mass is 10.0. The lowest BCUT2D eigenvalue weighted by Gasteiger charge is -2.25. The maximum atomic E-state index is 13.1. The molecule has 1 fully saturated rings. The zero-order valence-electron chi connectivity index (χ0n) is 18.4. The molecule has 0 radical (unpaired) electrons. The topological polar surface area (TPSA) is 137 Å². The van der Waals surface area contributed by atoms with E-state index in [1.54, 1.807) is 0 Å². The third-order valence-corrected chi connectivity index (χ3v) is 5.91. The molecule has 0 aliphatic carbocycles.